The summed E-state index contributed by atoms with van der Waals surface area (Å²) in [5.41, 5.74) is 5.00. The quantitative estimate of drug-likeness (QED) is 0.845. The van der Waals surface area contributed by atoms with E-state index in [9.17, 15) is 5.11 Å². The summed E-state index contributed by atoms with van der Waals surface area (Å²) >= 11 is 0. The maximum atomic E-state index is 10.9. The van der Waals surface area contributed by atoms with E-state index in [0.717, 1.165) is 16.7 Å². The van der Waals surface area contributed by atoms with E-state index >= 15 is 0 Å². The fourth-order valence-corrected chi connectivity index (χ4v) is 5.11. The molecule has 22 heavy (non-hydrogen) atoms. The van der Waals surface area contributed by atoms with Crippen molar-refractivity contribution in [3.63, 3.8) is 0 Å². The van der Waals surface area contributed by atoms with E-state index in [1.165, 1.54) is 11.1 Å². The van der Waals surface area contributed by atoms with Crippen LogP contribution >= 0.6 is 0 Å². The van der Waals surface area contributed by atoms with Crippen molar-refractivity contribution in [3.8, 4) is 11.1 Å². The largest absolute Gasteiger partial charge is 0.401 e. The van der Waals surface area contributed by atoms with Crippen LogP contribution in [0.15, 0.2) is 48.5 Å². The van der Waals surface area contributed by atoms with Crippen LogP contribution in [0.2, 0.25) is 19.6 Å². The van der Waals surface area contributed by atoms with Gasteiger partial charge in [-0.3, -0.25) is 0 Å². The van der Waals surface area contributed by atoms with Gasteiger partial charge in [-0.2, -0.15) is 0 Å². The van der Waals surface area contributed by atoms with E-state index in [0.29, 0.717) is 0 Å². The maximum absolute atomic E-state index is 10.9. The number of hydrogen-bond acceptors (Lipinski definition) is 2. The zero-order valence-electron chi connectivity index (χ0n) is 13.1. The fraction of sp³-hybridized carbons (Fsp3) is 0.263. The van der Waals surface area contributed by atoms with E-state index in [4.69, 9.17) is 4.43 Å². The molecule has 0 aromatic heterocycles. The Kier molecular flexibility index (Phi) is 2.80. The number of fused-ring (bicyclic) bond motifs is 3. The van der Waals surface area contributed by atoms with Gasteiger partial charge in [0.1, 0.15) is 11.7 Å². The van der Waals surface area contributed by atoms with Gasteiger partial charge in [-0.15, -0.1) is 0 Å². The van der Waals surface area contributed by atoms with E-state index < -0.39 is 20.0 Å². The minimum Gasteiger partial charge on any atom is -0.401 e. The molecule has 0 saturated heterocycles. The molecule has 2 aromatic carbocycles. The van der Waals surface area contributed by atoms with E-state index in [1.54, 1.807) is 0 Å². The first-order valence-corrected chi connectivity index (χ1v) is 11.1. The number of aliphatic hydroxyl groups excluding tert-OH is 1. The van der Waals surface area contributed by atoms with Crippen LogP contribution in [0.25, 0.3) is 17.2 Å². The Labute approximate surface area is 132 Å². The molecule has 0 bridgehead atoms. The van der Waals surface area contributed by atoms with Crippen LogP contribution in [0.4, 0.5) is 0 Å². The van der Waals surface area contributed by atoms with E-state index in [2.05, 4.69) is 56.0 Å². The molecule has 0 saturated carbocycles. The lowest BCUT2D eigenvalue weighted by Crippen LogP contribution is -2.49. The third-order valence-electron chi connectivity index (χ3n) is 4.43. The van der Waals surface area contributed by atoms with Gasteiger partial charge in [0.05, 0.1) is 0 Å². The summed E-state index contributed by atoms with van der Waals surface area (Å²) < 4.78 is 6.67. The molecule has 3 heteroatoms. The summed E-state index contributed by atoms with van der Waals surface area (Å²) in [4.78, 5) is 0. The summed E-state index contributed by atoms with van der Waals surface area (Å²) in [6, 6.07) is 14.6. The second-order valence-electron chi connectivity index (χ2n) is 7.07. The van der Waals surface area contributed by atoms with Crippen molar-refractivity contribution in [1.82, 2.24) is 0 Å². The zero-order chi connectivity index (χ0) is 15.5. The van der Waals surface area contributed by atoms with Crippen LogP contribution in [0.3, 0.4) is 0 Å². The van der Waals surface area contributed by atoms with Gasteiger partial charge in [-0.1, -0.05) is 54.6 Å². The standard InChI is InChI=1S/C19H20O2Si/c1-22(2,3)21-19-16-10-5-4-8-14(16)15-9-6-7-13(18(15)19)11-12-17(19)20/h4-12,17,20H,1-3H3. The highest BCUT2D eigenvalue weighted by Crippen LogP contribution is 2.55. The molecule has 1 N–H and O–H groups in total. The summed E-state index contributed by atoms with van der Waals surface area (Å²) in [6.45, 7) is 6.53. The maximum Gasteiger partial charge on any atom is 0.185 e. The highest BCUT2D eigenvalue weighted by Gasteiger charge is 2.53. The molecule has 2 nitrogen and oxygen atoms in total. The third-order valence-corrected chi connectivity index (χ3v) is 5.36. The normalized spacial score (nSPS) is 25.0. The molecule has 0 amide bonds. The average Bonchev–Trinajstić information content (AvgIpc) is 2.75. The van der Waals surface area contributed by atoms with Crippen LogP contribution in [0.5, 0.6) is 0 Å². The summed E-state index contributed by atoms with van der Waals surface area (Å²) in [6.07, 6.45) is 3.23. The van der Waals surface area contributed by atoms with Gasteiger partial charge in [-0.05, 0) is 41.9 Å². The van der Waals surface area contributed by atoms with Gasteiger partial charge in [-0.25, -0.2) is 0 Å². The highest BCUT2D eigenvalue weighted by atomic mass is 28.4. The molecular formula is C19H20O2Si. The van der Waals surface area contributed by atoms with Crippen LogP contribution in [-0.4, -0.2) is 19.5 Å². The third kappa shape index (κ3) is 1.73. The first-order valence-electron chi connectivity index (χ1n) is 7.73. The van der Waals surface area contributed by atoms with Gasteiger partial charge in [0.25, 0.3) is 0 Å². The molecule has 0 fully saturated rings. The molecule has 0 radical (unpaired) electrons. The minimum absolute atomic E-state index is 0.656. The lowest BCUT2D eigenvalue weighted by molar-refractivity contribution is -0.00699. The first kappa shape index (κ1) is 13.9. The fourth-order valence-electron chi connectivity index (χ4n) is 3.81. The predicted octanol–water partition coefficient (Wildman–Crippen LogP) is 4.15. The average molecular weight is 308 g/mol. The topological polar surface area (TPSA) is 29.5 Å². The van der Waals surface area contributed by atoms with Gasteiger partial charge in [0.15, 0.2) is 8.32 Å². The Morgan fingerprint density at radius 1 is 1.00 bits per heavy atom. The van der Waals surface area contributed by atoms with Gasteiger partial charge >= 0.3 is 0 Å². The SMILES string of the molecule is C[Si](C)(C)OC12c3ccccc3-c3cccc(c31)C=CC2O. The van der Waals surface area contributed by atoms with Crippen molar-refractivity contribution in [2.75, 3.05) is 0 Å². The van der Waals surface area contributed by atoms with Crippen molar-refractivity contribution in [1.29, 1.82) is 0 Å². The summed E-state index contributed by atoms with van der Waals surface area (Å²) in [5, 5.41) is 10.9. The van der Waals surface area contributed by atoms with Crippen LogP contribution < -0.4 is 0 Å². The van der Waals surface area contributed by atoms with Gasteiger partial charge in [0, 0.05) is 5.56 Å². The minimum atomic E-state index is -1.88. The Morgan fingerprint density at radius 2 is 1.73 bits per heavy atom. The van der Waals surface area contributed by atoms with Crippen molar-refractivity contribution < 1.29 is 9.53 Å². The molecule has 2 aliphatic carbocycles. The molecule has 0 spiro atoms. The lowest BCUT2D eigenvalue weighted by Gasteiger charge is -2.42. The van der Waals surface area contributed by atoms with E-state index in [-0.39, 0.29) is 0 Å². The predicted molar refractivity (Wildman–Crippen MR) is 92.1 cm³/mol. The van der Waals surface area contributed by atoms with Gasteiger partial charge < -0.3 is 9.53 Å². The molecule has 0 aliphatic heterocycles. The Balaban J connectivity index is 2.10. The van der Waals surface area contributed by atoms with Crippen molar-refractivity contribution in [3.05, 3.63) is 65.2 Å². The van der Waals surface area contributed by atoms with Gasteiger partial charge in [0.2, 0.25) is 0 Å². The van der Waals surface area contributed by atoms with Crippen molar-refractivity contribution in [2.24, 2.45) is 0 Å². The lowest BCUT2D eigenvalue weighted by atomic mass is 9.80. The van der Waals surface area contributed by atoms with E-state index in [1.807, 2.05) is 18.2 Å². The zero-order valence-corrected chi connectivity index (χ0v) is 14.1. The first-order chi connectivity index (χ1) is 10.4. The molecule has 112 valence electrons. The highest BCUT2D eigenvalue weighted by molar-refractivity contribution is 6.69. The molecule has 2 unspecified atom stereocenters. The second-order valence-corrected chi connectivity index (χ2v) is 11.5. The Bertz CT molecular complexity index is 788. The molecule has 4 rings (SSSR count). The molecule has 2 aromatic rings. The number of aliphatic hydroxyl groups is 1. The van der Waals surface area contributed by atoms with Crippen molar-refractivity contribution >= 4 is 14.4 Å². The number of hydrogen-bond donors (Lipinski definition) is 1. The molecular weight excluding hydrogens is 288 g/mol. The van der Waals surface area contributed by atoms with Crippen LogP contribution in [0, 0.1) is 0 Å². The Morgan fingerprint density at radius 3 is 2.50 bits per heavy atom. The van der Waals surface area contributed by atoms with Crippen LogP contribution in [0.1, 0.15) is 16.7 Å². The van der Waals surface area contributed by atoms with Crippen LogP contribution in [-0.2, 0) is 10.0 Å². The number of rotatable bonds is 2. The second kappa shape index (κ2) is 4.41. The molecule has 2 atom stereocenters. The smallest absolute Gasteiger partial charge is 0.185 e. The monoisotopic (exact) mass is 308 g/mol. The Hall–Kier alpha value is -1.68. The number of benzene rings is 2. The summed E-state index contributed by atoms with van der Waals surface area (Å²) in [5.74, 6) is 0. The summed E-state index contributed by atoms with van der Waals surface area (Å²) in [7, 11) is -1.88. The molecule has 0 heterocycles. The molecule has 2 aliphatic rings. The van der Waals surface area contributed by atoms with Crippen molar-refractivity contribution in [2.45, 2.75) is 31.3 Å².